The number of esters is 1. The quantitative estimate of drug-likeness (QED) is 0.391. The molecule has 0 radical (unpaired) electrons. The highest BCUT2D eigenvalue weighted by atomic mass is 32.2. The molecule has 1 fully saturated rings. The van der Waals surface area contributed by atoms with E-state index in [4.69, 9.17) is 14.2 Å². The van der Waals surface area contributed by atoms with E-state index < -0.39 is 23.7 Å². The number of thioether (sulfide) groups is 1. The van der Waals surface area contributed by atoms with Crippen LogP contribution >= 0.6 is 11.8 Å². The van der Waals surface area contributed by atoms with Crippen LogP contribution < -0.4 is 9.47 Å². The molecule has 0 saturated carbocycles. The van der Waals surface area contributed by atoms with Crippen LogP contribution in [0.15, 0.2) is 23.1 Å². The fraction of sp³-hybridized carbons (Fsp3) is 0.500. The average molecular weight is 436 g/mol. The minimum atomic E-state index is -0.599. The molecule has 30 heavy (non-hydrogen) atoms. The molecule has 1 heterocycles. The molecular weight excluding hydrogens is 406 g/mol. The van der Waals surface area contributed by atoms with Gasteiger partial charge in [0.05, 0.1) is 23.7 Å². The third-order valence-corrected chi connectivity index (χ3v) is 5.44. The van der Waals surface area contributed by atoms with Gasteiger partial charge in [-0.3, -0.25) is 19.3 Å². The van der Waals surface area contributed by atoms with Crippen molar-refractivity contribution >= 4 is 35.0 Å². The maximum atomic E-state index is 12.6. The van der Waals surface area contributed by atoms with Crippen molar-refractivity contribution in [3.8, 4) is 11.5 Å². The normalized spacial score (nSPS) is 17.2. The minimum Gasteiger partial charge on any atom is -0.490 e. The van der Waals surface area contributed by atoms with Crippen molar-refractivity contribution in [1.29, 1.82) is 0 Å². The zero-order valence-electron chi connectivity index (χ0n) is 18.1. The second kappa shape index (κ2) is 11.1. The van der Waals surface area contributed by atoms with Crippen molar-refractivity contribution in [2.75, 3.05) is 13.2 Å². The smallest absolute Gasteiger partial charge is 0.326 e. The Labute approximate surface area is 181 Å². The van der Waals surface area contributed by atoms with Gasteiger partial charge in [-0.25, -0.2) is 0 Å². The fourth-order valence-electron chi connectivity index (χ4n) is 2.54. The molecule has 0 unspecified atom stereocenters. The van der Waals surface area contributed by atoms with Gasteiger partial charge < -0.3 is 14.2 Å². The molecule has 0 bridgehead atoms. The Hall–Kier alpha value is -2.48. The van der Waals surface area contributed by atoms with Crippen LogP contribution in [0, 0.1) is 0 Å². The Morgan fingerprint density at radius 2 is 1.80 bits per heavy atom. The zero-order valence-corrected chi connectivity index (χ0v) is 18.9. The molecule has 164 valence electrons. The highest BCUT2D eigenvalue weighted by Gasteiger charge is 2.36. The van der Waals surface area contributed by atoms with Crippen molar-refractivity contribution in [3.05, 3.63) is 28.7 Å². The number of ether oxygens (including phenoxy) is 3. The molecule has 0 aliphatic carbocycles. The Bertz CT molecular complexity index is 822. The first kappa shape index (κ1) is 23.8. The summed E-state index contributed by atoms with van der Waals surface area (Å²) in [5.41, 5.74) is 0.697. The summed E-state index contributed by atoms with van der Waals surface area (Å²) in [6.07, 6.45) is 2.91. The van der Waals surface area contributed by atoms with Gasteiger partial charge in [0.15, 0.2) is 11.5 Å². The van der Waals surface area contributed by atoms with Gasteiger partial charge in [0.2, 0.25) is 0 Å². The largest absolute Gasteiger partial charge is 0.490 e. The van der Waals surface area contributed by atoms with Gasteiger partial charge in [0, 0.05) is 0 Å². The summed E-state index contributed by atoms with van der Waals surface area (Å²) in [4.78, 5) is 38.0. The second-order valence-corrected chi connectivity index (χ2v) is 7.95. The van der Waals surface area contributed by atoms with E-state index >= 15 is 0 Å². The molecule has 2 amide bonds. The lowest BCUT2D eigenvalue weighted by Crippen LogP contribution is -2.35. The first-order valence-electron chi connectivity index (χ1n) is 10.2. The molecule has 1 aromatic rings. The van der Waals surface area contributed by atoms with E-state index in [-0.39, 0.29) is 17.1 Å². The minimum absolute atomic E-state index is 0.0433. The van der Waals surface area contributed by atoms with Gasteiger partial charge in [0.1, 0.15) is 6.54 Å². The number of amides is 2. The standard InChI is InChI=1S/C22H29NO6S/c1-6-14(4)28-17-10-9-16(11-18(17)27-8-3)12-19-21(25)23(22(26)30-19)13-20(24)29-15(5)7-2/h9-12,14-15H,6-8,13H2,1-5H3/b19-12+/t14-,15-/m1/s1. The van der Waals surface area contributed by atoms with Crippen LogP contribution in [0.25, 0.3) is 6.08 Å². The van der Waals surface area contributed by atoms with E-state index in [2.05, 4.69) is 0 Å². The lowest BCUT2D eigenvalue weighted by molar-refractivity contribution is -0.150. The molecule has 7 nitrogen and oxygen atoms in total. The zero-order chi connectivity index (χ0) is 22.3. The van der Waals surface area contributed by atoms with E-state index in [1.165, 1.54) is 0 Å². The maximum absolute atomic E-state index is 12.6. The fourth-order valence-corrected chi connectivity index (χ4v) is 3.38. The highest BCUT2D eigenvalue weighted by Crippen LogP contribution is 2.35. The lowest BCUT2D eigenvalue weighted by Gasteiger charge is -2.16. The van der Waals surface area contributed by atoms with Crippen LogP contribution in [0.2, 0.25) is 0 Å². The van der Waals surface area contributed by atoms with Crippen LogP contribution in [-0.2, 0) is 14.3 Å². The Balaban J connectivity index is 2.18. The van der Waals surface area contributed by atoms with Gasteiger partial charge in [0.25, 0.3) is 11.1 Å². The summed E-state index contributed by atoms with van der Waals surface area (Å²) < 4.78 is 16.7. The van der Waals surface area contributed by atoms with Gasteiger partial charge in [-0.15, -0.1) is 0 Å². The topological polar surface area (TPSA) is 82.1 Å². The third-order valence-electron chi connectivity index (χ3n) is 4.54. The first-order valence-corrected chi connectivity index (χ1v) is 11.0. The van der Waals surface area contributed by atoms with Crippen LogP contribution in [0.1, 0.15) is 53.0 Å². The SMILES string of the molecule is CCOc1cc(/C=C2/SC(=O)N(CC(=O)O[C@H](C)CC)C2=O)ccc1O[C@H](C)CC. The third kappa shape index (κ3) is 6.26. The van der Waals surface area contributed by atoms with E-state index in [1.807, 2.05) is 27.7 Å². The number of hydrogen-bond donors (Lipinski definition) is 0. The molecule has 2 rings (SSSR count). The Morgan fingerprint density at radius 1 is 1.10 bits per heavy atom. The Morgan fingerprint density at radius 3 is 2.43 bits per heavy atom. The molecule has 8 heteroatoms. The molecule has 0 N–H and O–H groups in total. The van der Waals surface area contributed by atoms with Crippen LogP contribution in [0.3, 0.4) is 0 Å². The van der Waals surface area contributed by atoms with E-state index in [9.17, 15) is 14.4 Å². The average Bonchev–Trinajstić information content (AvgIpc) is 2.97. The van der Waals surface area contributed by atoms with Gasteiger partial charge in [-0.1, -0.05) is 19.9 Å². The lowest BCUT2D eigenvalue weighted by atomic mass is 10.1. The number of imide groups is 1. The summed E-state index contributed by atoms with van der Waals surface area (Å²) >= 11 is 0.800. The molecule has 1 aliphatic heterocycles. The van der Waals surface area contributed by atoms with Crippen molar-refractivity contribution in [2.45, 2.75) is 59.7 Å². The monoisotopic (exact) mass is 435 g/mol. The maximum Gasteiger partial charge on any atom is 0.326 e. The van der Waals surface area contributed by atoms with Crippen molar-refractivity contribution in [2.24, 2.45) is 0 Å². The first-order chi connectivity index (χ1) is 14.3. The van der Waals surface area contributed by atoms with E-state index in [0.29, 0.717) is 30.1 Å². The van der Waals surface area contributed by atoms with Crippen molar-refractivity contribution in [1.82, 2.24) is 4.90 Å². The number of rotatable bonds is 10. The van der Waals surface area contributed by atoms with Gasteiger partial charge >= 0.3 is 5.97 Å². The summed E-state index contributed by atoms with van der Waals surface area (Å²) in [5, 5.41) is -0.492. The molecule has 0 spiro atoms. The molecule has 2 atom stereocenters. The van der Waals surface area contributed by atoms with Gasteiger partial charge in [-0.2, -0.15) is 0 Å². The van der Waals surface area contributed by atoms with Crippen LogP contribution in [0.4, 0.5) is 4.79 Å². The number of carbonyl (C=O) groups is 3. The molecule has 0 aromatic heterocycles. The van der Waals surface area contributed by atoms with Crippen molar-refractivity contribution in [3.63, 3.8) is 0 Å². The highest BCUT2D eigenvalue weighted by molar-refractivity contribution is 8.18. The van der Waals surface area contributed by atoms with Gasteiger partial charge in [-0.05, 0) is 69.1 Å². The molecule has 1 aromatic carbocycles. The summed E-state index contributed by atoms with van der Waals surface area (Å²) in [5.74, 6) is 0.0919. The van der Waals surface area contributed by atoms with E-state index in [0.717, 1.165) is 23.1 Å². The molecular formula is C22H29NO6S. The number of carbonyl (C=O) groups excluding carboxylic acids is 3. The Kier molecular flexibility index (Phi) is 8.77. The van der Waals surface area contributed by atoms with Crippen LogP contribution in [-0.4, -0.2) is 47.4 Å². The number of nitrogens with zero attached hydrogens (tertiary/aromatic N) is 1. The predicted octanol–water partition coefficient (Wildman–Crippen LogP) is 4.64. The van der Waals surface area contributed by atoms with Crippen LogP contribution in [0.5, 0.6) is 11.5 Å². The molecule has 1 aliphatic rings. The molecule has 1 saturated heterocycles. The van der Waals surface area contributed by atoms with E-state index in [1.54, 1.807) is 31.2 Å². The summed E-state index contributed by atoms with van der Waals surface area (Å²) in [7, 11) is 0. The second-order valence-electron chi connectivity index (χ2n) is 6.95. The van der Waals surface area contributed by atoms with Crippen molar-refractivity contribution < 1.29 is 28.6 Å². The number of benzene rings is 1. The predicted molar refractivity (Wildman–Crippen MR) is 117 cm³/mol. The summed E-state index contributed by atoms with van der Waals surface area (Å²) in [6, 6.07) is 5.36. The summed E-state index contributed by atoms with van der Waals surface area (Å²) in [6.45, 7) is 9.61. The number of hydrogen-bond acceptors (Lipinski definition) is 7.